The molecule has 0 saturated carbocycles. The van der Waals surface area contributed by atoms with Crippen molar-refractivity contribution in [3.63, 3.8) is 0 Å². The predicted molar refractivity (Wildman–Crippen MR) is 68.9 cm³/mol. The number of hydrogen-bond acceptors (Lipinski definition) is 3. The number of benzene rings is 1. The van der Waals surface area contributed by atoms with Gasteiger partial charge in [0.25, 0.3) is 0 Å². The number of ether oxygens (including phenoxy) is 2. The summed E-state index contributed by atoms with van der Waals surface area (Å²) in [6.07, 6.45) is 0. The van der Waals surface area contributed by atoms with E-state index < -0.39 is 0 Å². The summed E-state index contributed by atoms with van der Waals surface area (Å²) in [6.45, 7) is 6.69. The molecule has 0 amide bonds. The number of methoxy groups -OCH3 is 2. The van der Waals surface area contributed by atoms with Crippen molar-refractivity contribution in [3.8, 4) is 11.5 Å². The van der Waals surface area contributed by atoms with Gasteiger partial charge in [-0.15, -0.1) is 0 Å². The second kappa shape index (κ2) is 4.57. The second-order valence-corrected chi connectivity index (χ2v) is 5.29. The molecule has 0 aromatic heterocycles. The molecule has 1 fully saturated rings. The molecule has 0 radical (unpaired) electrons. The standard InChI is InChI=1S/C14H21NO2/c1-14(2)9-15-8-11(14)10-5-6-12(16-3)13(7-10)17-4/h5-7,11,15H,8-9H2,1-4H3/t11-/m1/s1. The van der Waals surface area contributed by atoms with Crippen LogP contribution < -0.4 is 14.8 Å². The van der Waals surface area contributed by atoms with E-state index in [4.69, 9.17) is 9.47 Å². The molecule has 2 rings (SSSR count). The van der Waals surface area contributed by atoms with Crippen molar-refractivity contribution in [2.45, 2.75) is 19.8 Å². The molecular weight excluding hydrogens is 214 g/mol. The zero-order chi connectivity index (χ0) is 12.5. The average Bonchev–Trinajstić information content (AvgIpc) is 2.68. The summed E-state index contributed by atoms with van der Waals surface area (Å²) >= 11 is 0. The van der Waals surface area contributed by atoms with Crippen LogP contribution in [0.5, 0.6) is 11.5 Å². The minimum absolute atomic E-state index is 0.291. The van der Waals surface area contributed by atoms with Crippen molar-refractivity contribution in [2.24, 2.45) is 5.41 Å². The Morgan fingerprint density at radius 2 is 1.88 bits per heavy atom. The largest absolute Gasteiger partial charge is 0.493 e. The third-order valence-corrected chi connectivity index (χ3v) is 3.68. The Hall–Kier alpha value is -1.22. The van der Waals surface area contributed by atoms with E-state index in [-0.39, 0.29) is 0 Å². The Labute approximate surface area is 103 Å². The molecular formula is C14H21NO2. The van der Waals surface area contributed by atoms with Crippen LogP contribution in [0.15, 0.2) is 18.2 Å². The molecule has 1 aromatic carbocycles. The van der Waals surface area contributed by atoms with Crippen molar-refractivity contribution in [1.82, 2.24) is 5.32 Å². The van der Waals surface area contributed by atoms with Gasteiger partial charge in [0.1, 0.15) is 0 Å². The molecule has 1 heterocycles. The van der Waals surface area contributed by atoms with Gasteiger partial charge in [-0.3, -0.25) is 0 Å². The molecule has 1 atom stereocenters. The van der Waals surface area contributed by atoms with E-state index in [9.17, 15) is 0 Å². The van der Waals surface area contributed by atoms with Gasteiger partial charge >= 0.3 is 0 Å². The van der Waals surface area contributed by atoms with Crippen LogP contribution in [-0.2, 0) is 0 Å². The van der Waals surface area contributed by atoms with Gasteiger partial charge < -0.3 is 14.8 Å². The lowest BCUT2D eigenvalue weighted by atomic mass is 9.78. The van der Waals surface area contributed by atoms with Gasteiger partial charge in [0.15, 0.2) is 11.5 Å². The van der Waals surface area contributed by atoms with Gasteiger partial charge in [0.05, 0.1) is 14.2 Å². The lowest BCUT2D eigenvalue weighted by Crippen LogP contribution is -2.20. The van der Waals surface area contributed by atoms with Crippen molar-refractivity contribution in [1.29, 1.82) is 0 Å². The van der Waals surface area contributed by atoms with Crippen molar-refractivity contribution in [2.75, 3.05) is 27.3 Å². The molecule has 1 aromatic rings. The van der Waals surface area contributed by atoms with Crippen LogP contribution in [0.2, 0.25) is 0 Å². The molecule has 0 aliphatic carbocycles. The first-order valence-corrected chi connectivity index (χ1v) is 6.01. The first kappa shape index (κ1) is 12.2. The Balaban J connectivity index is 2.33. The van der Waals surface area contributed by atoms with Crippen LogP contribution in [0.4, 0.5) is 0 Å². The summed E-state index contributed by atoms with van der Waals surface area (Å²) in [5, 5.41) is 3.46. The van der Waals surface area contributed by atoms with Gasteiger partial charge in [0, 0.05) is 19.0 Å². The maximum atomic E-state index is 5.36. The Kier molecular flexibility index (Phi) is 3.29. The quantitative estimate of drug-likeness (QED) is 0.872. The highest BCUT2D eigenvalue weighted by molar-refractivity contribution is 5.44. The fourth-order valence-corrected chi connectivity index (χ4v) is 2.58. The molecule has 1 N–H and O–H groups in total. The van der Waals surface area contributed by atoms with E-state index in [1.54, 1.807) is 14.2 Å². The smallest absolute Gasteiger partial charge is 0.160 e. The number of hydrogen-bond donors (Lipinski definition) is 1. The van der Waals surface area contributed by atoms with E-state index in [0.717, 1.165) is 24.6 Å². The SMILES string of the molecule is COc1ccc([C@H]2CNCC2(C)C)cc1OC. The Morgan fingerprint density at radius 3 is 2.41 bits per heavy atom. The zero-order valence-electron chi connectivity index (χ0n) is 11.0. The second-order valence-electron chi connectivity index (χ2n) is 5.29. The molecule has 0 unspecified atom stereocenters. The molecule has 1 aliphatic rings. The summed E-state index contributed by atoms with van der Waals surface area (Å²) < 4.78 is 10.6. The lowest BCUT2D eigenvalue weighted by molar-refractivity contribution is 0.346. The Morgan fingerprint density at radius 1 is 1.18 bits per heavy atom. The first-order valence-electron chi connectivity index (χ1n) is 6.01. The van der Waals surface area contributed by atoms with Gasteiger partial charge in [0.2, 0.25) is 0 Å². The molecule has 1 aliphatic heterocycles. The van der Waals surface area contributed by atoms with Crippen LogP contribution in [0.25, 0.3) is 0 Å². The highest BCUT2D eigenvalue weighted by atomic mass is 16.5. The summed E-state index contributed by atoms with van der Waals surface area (Å²) in [5.41, 5.74) is 1.61. The third-order valence-electron chi connectivity index (χ3n) is 3.68. The molecule has 3 heteroatoms. The maximum Gasteiger partial charge on any atom is 0.160 e. The van der Waals surface area contributed by atoms with Crippen molar-refractivity contribution >= 4 is 0 Å². The molecule has 0 bridgehead atoms. The summed E-state index contributed by atoms with van der Waals surface area (Å²) in [7, 11) is 3.35. The third kappa shape index (κ3) is 2.25. The normalized spacial score (nSPS) is 22.5. The molecule has 94 valence electrons. The predicted octanol–water partition coefficient (Wildman–Crippen LogP) is 2.42. The van der Waals surface area contributed by atoms with Crippen LogP contribution in [-0.4, -0.2) is 27.3 Å². The van der Waals surface area contributed by atoms with Gasteiger partial charge in [-0.25, -0.2) is 0 Å². The molecule has 3 nitrogen and oxygen atoms in total. The molecule has 17 heavy (non-hydrogen) atoms. The first-order chi connectivity index (χ1) is 8.08. The minimum Gasteiger partial charge on any atom is -0.493 e. The number of rotatable bonds is 3. The van der Waals surface area contributed by atoms with Gasteiger partial charge in [-0.1, -0.05) is 19.9 Å². The molecule has 1 saturated heterocycles. The molecule has 0 spiro atoms. The van der Waals surface area contributed by atoms with Crippen LogP contribution >= 0.6 is 0 Å². The summed E-state index contributed by atoms with van der Waals surface area (Å²) in [5.74, 6) is 2.13. The number of nitrogens with one attached hydrogen (secondary N) is 1. The zero-order valence-corrected chi connectivity index (χ0v) is 11.0. The van der Waals surface area contributed by atoms with E-state index >= 15 is 0 Å². The van der Waals surface area contributed by atoms with Crippen molar-refractivity contribution < 1.29 is 9.47 Å². The lowest BCUT2D eigenvalue weighted by Gasteiger charge is -2.26. The summed E-state index contributed by atoms with van der Waals surface area (Å²) in [4.78, 5) is 0. The van der Waals surface area contributed by atoms with E-state index in [1.807, 2.05) is 6.07 Å². The minimum atomic E-state index is 0.291. The van der Waals surface area contributed by atoms with Crippen LogP contribution in [0.1, 0.15) is 25.3 Å². The van der Waals surface area contributed by atoms with Crippen molar-refractivity contribution in [3.05, 3.63) is 23.8 Å². The highest BCUT2D eigenvalue weighted by Crippen LogP contribution is 2.40. The van der Waals surface area contributed by atoms with Crippen LogP contribution in [0, 0.1) is 5.41 Å². The Bertz CT molecular complexity index is 401. The van der Waals surface area contributed by atoms with E-state index in [2.05, 4.69) is 31.3 Å². The topological polar surface area (TPSA) is 30.5 Å². The fourth-order valence-electron chi connectivity index (χ4n) is 2.58. The fraction of sp³-hybridized carbons (Fsp3) is 0.571. The summed E-state index contributed by atoms with van der Waals surface area (Å²) in [6, 6.07) is 6.22. The van der Waals surface area contributed by atoms with Gasteiger partial charge in [-0.2, -0.15) is 0 Å². The van der Waals surface area contributed by atoms with Gasteiger partial charge in [-0.05, 0) is 23.1 Å². The highest BCUT2D eigenvalue weighted by Gasteiger charge is 2.35. The van der Waals surface area contributed by atoms with E-state index in [1.165, 1.54) is 5.56 Å². The van der Waals surface area contributed by atoms with Crippen LogP contribution in [0.3, 0.4) is 0 Å². The maximum absolute atomic E-state index is 5.36. The van der Waals surface area contributed by atoms with E-state index in [0.29, 0.717) is 11.3 Å². The average molecular weight is 235 g/mol. The monoisotopic (exact) mass is 235 g/mol.